The first-order chi connectivity index (χ1) is 12.1. The lowest BCUT2D eigenvalue weighted by atomic mass is 10.1. The summed E-state index contributed by atoms with van der Waals surface area (Å²) in [5.41, 5.74) is 13.3. The summed E-state index contributed by atoms with van der Waals surface area (Å²) in [4.78, 5) is 11.9. The Morgan fingerprint density at radius 3 is 2.36 bits per heavy atom. The van der Waals surface area contributed by atoms with E-state index in [1.54, 1.807) is 11.8 Å². The Hall–Kier alpha value is -2.50. The van der Waals surface area contributed by atoms with E-state index >= 15 is 0 Å². The van der Waals surface area contributed by atoms with Crippen LogP contribution in [0.1, 0.15) is 55.8 Å². The highest BCUT2D eigenvalue weighted by Crippen LogP contribution is 2.29. The van der Waals surface area contributed by atoms with Gasteiger partial charge < -0.3 is 16.2 Å². The second-order valence-electron chi connectivity index (χ2n) is 6.19. The van der Waals surface area contributed by atoms with Crippen LogP contribution in [0.2, 0.25) is 0 Å². The minimum atomic E-state index is -0.558. The fraction of sp³-hybridized carbons (Fsp3) is 0.474. The fourth-order valence-corrected chi connectivity index (χ4v) is 2.97. The number of hydrogen-bond donors (Lipinski definition) is 2. The maximum Gasteiger partial charge on any atom is 0.254 e. The molecule has 0 atom stereocenters. The highest BCUT2D eigenvalue weighted by Gasteiger charge is 2.21. The molecule has 0 fully saturated rings. The zero-order valence-corrected chi connectivity index (χ0v) is 15.1. The molecular formula is C19H28N4O2. The van der Waals surface area contributed by atoms with Gasteiger partial charge in [0.15, 0.2) is 5.82 Å². The van der Waals surface area contributed by atoms with E-state index in [1.807, 2.05) is 24.3 Å². The molecule has 0 aliphatic heterocycles. The molecule has 6 heteroatoms. The van der Waals surface area contributed by atoms with Gasteiger partial charge in [0, 0.05) is 12.1 Å². The third kappa shape index (κ3) is 4.75. The number of rotatable bonds is 10. The van der Waals surface area contributed by atoms with Gasteiger partial charge in [-0.1, -0.05) is 39.0 Å². The van der Waals surface area contributed by atoms with Gasteiger partial charge >= 0.3 is 0 Å². The van der Waals surface area contributed by atoms with Gasteiger partial charge in [0.2, 0.25) is 0 Å². The highest BCUT2D eigenvalue weighted by atomic mass is 16.5. The van der Waals surface area contributed by atoms with Crippen LogP contribution >= 0.6 is 0 Å². The molecule has 2 rings (SSSR count). The van der Waals surface area contributed by atoms with Crippen LogP contribution < -0.4 is 16.2 Å². The molecule has 0 spiro atoms. The van der Waals surface area contributed by atoms with Gasteiger partial charge in [-0.15, -0.1) is 0 Å². The summed E-state index contributed by atoms with van der Waals surface area (Å²) in [7, 11) is 1.62. The van der Waals surface area contributed by atoms with E-state index in [0.29, 0.717) is 12.2 Å². The van der Waals surface area contributed by atoms with Gasteiger partial charge in [-0.3, -0.25) is 9.48 Å². The molecule has 0 saturated carbocycles. The summed E-state index contributed by atoms with van der Waals surface area (Å²) in [6, 6.07) is 7.47. The number of aromatic nitrogens is 2. The zero-order valence-electron chi connectivity index (χ0n) is 15.1. The summed E-state index contributed by atoms with van der Waals surface area (Å²) in [5.74, 6) is 0.376. The van der Waals surface area contributed by atoms with Gasteiger partial charge in [0.1, 0.15) is 11.3 Å². The first kappa shape index (κ1) is 18.8. The Morgan fingerprint density at radius 2 is 1.76 bits per heavy atom. The topological polar surface area (TPSA) is 96.2 Å². The van der Waals surface area contributed by atoms with Crippen LogP contribution in [0.3, 0.4) is 0 Å². The molecule has 6 nitrogen and oxygen atoms in total. The van der Waals surface area contributed by atoms with Crippen molar-refractivity contribution in [2.24, 2.45) is 5.73 Å². The van der Waals surface area contributed by atoms with Crippen LogP contribution in [0, 0.1) is 0 Å². The number of nitrogens with zero attached hydrogens (tertiary/aromatic N) is 2. The zero-order chi connectivity index (χ0) is 18.2. The normalized spacial score (nSPS) is 10.8. The number of ether oxygens (including phenoxy) is 1. The van der Waals surface area contributed by atoms with Crippen molar-refractivity contribution in [2.75, 3.05) is 12.8 Å². The molecule has 136 valence electrons. The smallest absolute Gasteiger partial charge is 0.254 e. The minimum Gasteiger partial charge on any atom is -0.497 e. The van der Waals surface area contributed by atoms with Crippen LogP contribution in [0.25, 0.3) is 11.3 Å². The molecule has 0 bridgehead atoms. The molecule has 0 unspecified atom stereocenters. The maximum atomic E-state index is 11.9. The number of carbonyl (C=O) groups is 1. The lowest BCUT2D eigenvalue weighted by molar-refractivity contribution is 0.100. The summed E-state index contributed by atoms with van der Waals surface area (Å²) in [5, 5.41) is 4.35. The molecule has 1 amide bonds. The Labute approximate surface area is 149 Å². The average Bonchev–Trinajstić information content (AvgIpc) is 2.94. The molecule has 0 radical (unpaired) electrons. The van der Waals surface area contributed by atoms with Crippen molar-refractivity contribution in [3.05, 3.63) is 29.8 Å². The first-order valence-electron chi connectivity index (χ1n) is 8.89. The Kier molecular flexibility index (Phi) is 6.86. The number of nitrogens with two attached hydrogens (primary N) is 2. The van der Waals surface area contributed by atoms with Crippen LogP contribution in [-0.4, -0.2) is 22.8 Å². The van der Waals surface area contributed by atoms with Gasteiger partial charge in [-0.25, -0.2) is 0 Å². The summed E-state index contributed by atoms with van der Waals surface area (Å²) in [6.07, 6.45) is 7.11. The number of anilines is 1. The van der Waals surface area contributed by atoms with E-state index in [9.17, 15) is 4.79 Å². The van der Waals surface area contributed by atoms with E-state index in [-0.39, 0.29) is 11.4 Å². The third-order valence-electron chi connectivity index (χ3n) is 4.31. The van der Waals surface area contributed by atoms with Crippen molar-refractivity contribution in [1.82, 2.24) is 9.78 Å². The number of primary amides is 1. The SMILES string of the molecule is CCCCCCCCn1nc(N)c(C(N)=O)c1-c1ccc(OC)cc1. The molecule has 1 aromatic heterocycles. The third-order valence-corrected chi connectivity index (χ3v) is 4.31. The fourth-order valence-electron chi connectivity index (χ4n) is 2.97. The number of aryl methyl sites for hydroxylation is 1. The van der Waals surface area contributed by atoms with Gasteiger partial charge in [-0.05, 0) is 30.7 Å². The summed E-state index contributed by atoms with van der Waals surface area (Å²) >= 11 is 0. The van der Waals surface area contributed by atoms with Crippen molar-refractivity contribution in [1.29, 1.82) is 0 Å². The molecule has 2 aromatic rings. The van der Waals surface area contributed by atoms with Crippen molar-refractivity contribution in [2.45, 2.75) is 52.0 Å². The predicted octanol–water partition coefficient (Wildman–Crippen LogP) is 3.60. The van der Waals surface area contributed by atoms with Crippen molar-refractivity contribution >= 4 is 11.7 Å². The number of amides is 1. The number of carbonyl (C=O) groups excluding carboxylic acids is 1. The largest absolute Gasteiger partial charge is 0.497 e. The molecule has 1 heterocycles. The van der Waals surface area contributed by atoms with Gasteiger partial charge in [-0.2, -0.15) is 5.10 Å². The summed E-state index contributed by atoms with van der Waals surface area (Å²) in [6.45, 7) is 2.92. The monoisotopic (exact) mass is 344 g/mol. The van der Waals surface area contributed by atoms with Crippen molar-refractivity contribution in [3.63, 3.8) is 0 Å². The Bertz CT molecular complexity index is 692. The molecule has 0 aliphatic carbocycles. The van der Waals surface area contributed by atoms with E-state index in [0.717, 1.165) is 24.2 Å². The van der Waals surface area contributed by atoms with Crippen molar-refractivity contribution < 1.29 is 9.53 Å². The second-order valence-corrected chi connectivity index (χ2v) is 6.19. The lowest BCUT2D eigenvalue weighted by Crippen LogP contribution is -2.14. The van der Waals surface area contributed by atoms with E-state index in [1.165, 1.54) is 25.7 Å². The quantitative estimate of drug-likeness (QED) is 0.644. The molecule has 4 N–H and O–H groups in total. The van der Waals surface area contributed by atoms with E-state index < -0.39 is 5.91 Å². The molecular weight excluding hydrogens is 316 g/mol. The number of benzene rings is 1. The molecule has 25 heavy (non-hydrogen) atoms. The van der Waals surface area contributed by atoms with Gasteiger partial charge in [0.25, 0.3) is 5.91 Å². The van der Waals surface area contributed by atoms with Crippen LogP contribution in [0.5, 0.6) is 5.75 Å². The summed E-state index contributed by atoms with van der Waals surface area (Å²) < 4.78 is 6.99. The number of hydrogen-bond acceptors (Lipinski definition) is 4. The number of unbranched alkanes of at least 4 members (excludes halogenated alkanes) is 5. The predicted molar refractivity (Wildman–Crippen MR) is 101 cm³/mol. The first-order valence-corrected chi connectivity index (χ1v) is 8.89. The maximum absolute atomic E-state index is 11.9. The standard InChI is InChI=1S/C19H28N4O2/c1-3-4-5-6-7-8-13-23-17(16(19(21)24)18(20)22-23)14-9-11-15(25-2)12-10-14/h9-12H,3-8,13H2,1-2H3,(H2,20,22)(H2,21,24). The highest BCUT2D eigenvalue weighted by molar-refractivity contribution is 6.03. The molecule has 1 aromatic carbocycles. The molecule has 0 aliphatic rings. The Balaban J connectivity index is 2.21. The number of nitrogen functional groups attached to an aromatic ring is 1. The lowest BCUT2D eigenvalue weighted by Gasteiger charge is -2.10. The second kappa shape index (κ2) is 9.11. The van der Waals surface area contributed by atoms with E-state index in [4.69, 9.17) is 16.2 Å². The van der Waals surface area contributed by atoms with Crippen LogP contribution in [0.4, 0.5) is 5.82 Å². The minimum absolute atomic E-state index is 0.185. The molecule has 0 saturated heterocycles. The van der Waals surface area contributed by atoms with Crippen LogP contribution in [-0.2, 0) is 6.54 Å². The Morgan fingerprint density at radius 1 is 1.12 bits per heavy atom. The van der Waals surface area contributed by atoms with Gasteiger partial charge in [0.05, 0.1) is 12.8 Å². The average molecular weight is 344 g/mol. The van der Waals surface area contributed by atoms with Crippen molar-refractivity contribution in [3.8, 4) is 17.0 Å². The van der Waals surface area contributed by atoms with E-state index in [2.05, 4.69) is 12.0 Å². The van der Waals surface area contributed by atoms with Crippen LogP contribution in [0.15, 0.2) is 24.3 Å². The number of methoxy groups -OCH3 is 1.